The first-order valence-corrected chi connectivity index (χ1v) is 7.27. The Labute approximate surface area is 109 Å². The molecule has 3 heteroatoms. The predicted molar refractivity (Wildman–Crippen MR) is 78.0 cm³/mol. The highest BCUT2D eigenvalue weighted by molar-refractivity contribution is 8.00. The normalized spacial score (nSPS) is 19.4. The van der Waals surface area contributed by atoms with Crippen molar-refractivity contribution in [2.24, 2.45) is 5.73 Å². The average Bonchev–Trinajstić information content (AvgIpc) is 2.29. The van der Waals surface area contributed by atoms with Crippen LogP contribution in [-0.2, 0) is 6.42 Å². The van der Waals surface area contributed by atoms with Crippen molar-refractivity contribution in [2.75, 3.05) is 30.3 Å². The molecule has 1 fully saturated rings. The molecule has 2 nitrogen and oxygen atoms in total. The molecule has 1 aromatic carbocycles. The van der Waals surface area contributed by atoms with E-state index in [1.165, 1.54) is 17.0 Å². The van der Waals surface area contributed by atoms with E-state index in [4.69, 9.17) is 5.73 Å². The zero-order chi connectivity index (χ0) is 12.3. The molecular formula is C14H22N2S. The summed E-state index contributed by atoms with van der Waals surface area (Å²) >= 11 is 2.07. The average molecular weight is 250 g/mol. The third kappa shape index (κ3) is 3.39. The smallest absolute Gasteiger partial charge is 0.0367 e. The zero-order valence-corrected chi connectivity index (χ0v) is 11.6. The minimum Gasteiger partial charge on any atom is -0.369 e. The molecule has 2 rings (SSSR count). The van der Waals surface area contributed by atoms with E-state index in [0.717, 1.165) is 26.1 Å². The Balaban J connectivity index is 2.06. The number of thioether (sulfide) groups is 1. The van der Waals surface area contributed by atoms with Crippen LogP contribution >= 0.6 is 11.8 Å². The number of nitrogens with zero attached hydrogens (tertiary/aromatic N) is 1. The summed E-state index contributed by atoms with van der Waals surface area (Å²) in [6.07, 6.45) is 0.974. The maximum absolute atomic E-state index is 5.56. The fraction of sp³-hybridized carbons (Fsp3) is 0.571. The van der Waals surface area contributed by atoms with Crippen molar-refractivity contribution < 1.29 is 0 Å². The Hall–Kier alpha value is -0.670. The van der Waals surface area contributed by atoms with Gasteiger partial charge in [-0.2, -0.15) is 11.8 Å². The fourth-order valence-corrected chi connectivity index (χ4v) is 3.39. The lowest BCUT2D eigenvalue weighted by Crippen LogP contribution is -2.43. The lowest BCUT2D eigenvalue weighted by Gasteiger charge is -2.39. The highest BCUT2D eigenvalue weighted by atomic mass is 32.2. The van der Waals surface area contributed by atoms with E-state index in [0.29, 0.717) is 4.75 Å². The van der Waals surface area contributed by atoms with Gasteiger partial charge in [0.05, 0.1) is 0 Å². The SMILES string of the molecule is CC1(C)CN(c2ccc(CCN)cc2)CCS1. The van der Waals surface area contributed by atoms with Crippen LogP contribution in [0, 0.1) is 0 Å². The zero-order valence-electron chi connectivity index (χ0n) is 10.8. The molecule has 0 unspecified atom stereocenters. The van der Waals surface area contributed by atoms with E-state index in [1.807, 2.05) is 0 Å². The molecular weight excluding hydrogens is 228 g/mol. The molecule has 2 N–H and O–H groups in total. The van der Waals surface area contributed by atoms with Crippen molar-refractivity contribution in [3.63, 3.8) is 0 Å². The Morgan fingerprint density at radius 1 is 1.29 bits per heavy atom. The first-order chi connectivity index (χ1) is 8.11. The number of benzene rings is 1. The second-order valence-electron chi connectivity index (χ2n) is 5.23. The van der Waals surface area contributed by atoms with Crippen LogP contribution in [0.2, 0.25) is 0 Å². The highest BCUT2D eigenvalue weighted by Crippen LogP contribution is 2.32. The molecule has 0 aromatic heterocycles. The maximum atomic E-state index is 5.56. The van der Waals surface area contributed by atoms with Crippen molar-refractivity contribution in [1.29, 1.82) is 0 Å². The number of rotatable bonds is 3. The van der Waals surface area contributed by atoms with Crippen LogP contribution in [0.3, 0.4) is 0 Å². The lowest BCUT2D eigenvalue weighted by molar-refractivity contribution is 0.647. The third-order valence-corrected chi connectivity index (χ3v) is 4.46. The van der Waals surface area contributed by atoms with E-state index in [-0.39, 0.29) is 0 Å². The first-order valence-electron chi connectivity index (χ1n) is 6.29. The van der Waals surface area contributed by atoms with Crippen LogP contribution in [0.25, 0.3) is 0 Å². The summed E-state index contributed by atoms with van der Waals surface area (Å²) in [6, 6.07) is 8.88. The molecule has 0 spiro atoms. The van der Waals surface area contributed by atoms with Crippen LogP contribution in [0.1, 0.15) is 19.4 Å². The number of hydrogen-bond donors (Lipinski definition) is 1. The van der Waals surface area contributed by atoms with Crippen LogP contribution in [-0.4, -0.2) is 30.1 Å². The van der Waals surface area contributed by atoms with Crippen molar-refractivity contribution in [1.82, 2.24) is 0 Å². The van der Waals surface area contributed by atoms with Gasteiger partial charge in [-0.15, -0.1) is 0 Å². The molecule has 0 bridgehead atoms. The van der Waals surface area contributed by atoms with Crippen LogP contribution in [0.5, 0.6) is 0 Å². The molecule has 0 aliphatic carbocycles. The van der Waals surface area contributed by atoms with Gasteiger partial charge in [-0.3, -0.25) is 0 Å². The van der Waals surface area contributed by atoms with Gasteiger partial charge in [0.1, 0.15) is 0 Å². The van der Waals surface area contributed by atoms with Gasteiger partial charge in [-0.25, -0.2) is 0 Å². The second-order valence-corrected chi connectivity index (χ2v) is 7.04. The predicted octanol–water partition coefficient (Wildman–Crippen LogP) is 2.52. The molecule has 17 heavy (non-hydrogen) atoms. The summed E-state index contributed by atoms with van der Waals surface area (Å²) in [5.74, 6) is 1.22. The van der Waals surface area contributed by atoms with E-state index in [9.17, 15) is 0 Å². The Kier molecular flexibility index (Phi) is 4.00. The van der Waals surface area contributed by atoms with Crippen LogP contribution in [0.15, 0.2) is 24.3 Å². The molecule has 1 aliphatic rings. The van der Waals surface area contributed by atoms with Gasteiger partial charge >= 0.3 is 0 Å². The van der Waals surface area contributed by atoms with Crippen molar-refractivity contribution in [2.45, 2.75) is 25.0 Å². The molecule has 0 atom stereocenters. The molecule has 1 heterocycles. The van der Waals surface area contributed by atoms with Crippen molar-refractivity contribution in [3.8, 4) is 0 Å². The Bertz CT molecular complexity index is 359. The van der Waals surface area contributed by atoms with E-state index < -0.39 is 0 Å². The summed E-state index contributed by atoms with van der Waals surface area (Å²) in [6.45, 7) is 7.67. The molecule has 1 aliphatic heterocycles. The largest absolute Gasteiger partial charge is 0.369 e. The van der Waals surface area contributed by atoms with E-state index in [1.54, 1.807) is 0 Å². The highest BCUT2D eigenvalue weighted by Gasteiger charge is 2.26. The van der Waals surface area contributed by atoms with Gasteiger partial charge in [-0.1, -0.05) is 12.1 Å². The lowest BCUT2D eigenvalue weighted by atomic mass is 10.1. The van der Waals surface area contributed by atoms with Crippen LogP contribution < -0.4 is 10.6 Å². The Morgan fingerprint density at radius 3 is 2.59 bits per heavy atom. The van der Waals surface area contributed by atoms with Gasteiger partial charge in [0.25, 0.3) is 0 Å². The van der Waals surface area contributed by atoms with Gasteiger partial charge in [0.2, 0.25) is 0 Å². The number of anilines is 1. The fourth-order valence-electron chi connectivity index (χ4n) is 2.28. The van der Waals surface area contributed by atoms with Gasteiger partial charge in [-0.05, 0) is 44.5 Å². The van der Waals surface area contributed by atoms with E-state index >= 15 is 0 Å². The van der Waals surface area contributed by atoms with Crippen LogP contribution in [0.4, 0.5) is 5.69 Å². The second kappa shape index (κ2) is 5.32. The van der Waals surface area contributed by atoms with Gasteiger partial charge in [0.15, 0.2) is 0 Å². The molecule has 1 saturated heterocycles. The molecule has 0 radical (unpaired) electrons. The molecule has 0 amide bonds. The molecule has 1 aromatic rings. The number of nitrogens with two attached hydrogens (primary N) is 1. The van der Waals surface area contributed by atoms with Gasteiger partial charge < -0.3 is 10.6 Å². The van der Waals surface area contributed by atoms with Crippen molar-refractivity contribution >= 4 is 17.4 Å². The molecule has 0 saturated carbocycles. The standard InChI is InChI=1S/C14H22N2S/c1-14(2)11-16(9-10-17-14)13-5-3-12(4-6-13)7-8-15/h3-6H,7-11,15H2,1-2H3. The minimum absolute atomic E-state index is 0.369. The molecule has 94 valence electrons. The minimum atomic E-state index is 0.369. The summed E-state index contributed by atoms with van der Waals surface area (Å²) in [7, 11) is 0. The maximum Gasteiger partial charge on any atom is 0.0367 e. The first kappa shape index (κ1) is 12.8. The quantitative estimate of drug-likeness (QED) is 0.894. The topological polar surface area (TPSA) is 29.3 Å². The third-order valence-electron chi connectivity index (χ3n) is 3.16. The van der Waals surface area contributed by atoms with E-state index in [2.05, 4.69) is 54.8 Å². The monoisotopic (exact) mass is 250 g/mol. The van der Waals surface area contributed by atoms with Crippen molar-refractivity contribution in [3.05, 3.63) is 29.8 Å². The Morgan fingerprint density at radius 2 is 2.00 bits per heavy atom. The summed E-state index contributed by atoms with van der Waals surface area (Å²) in [5, 5.41) is 0. The summed E-state index contributed by atoms with van der Waals surface area (Å²) < 4.78 is 0.369. The summed E-state index contributed by atoms with van der Waals surface area (Å²) in [4.78, 5) is 2.49. The number of hydrogen-bond acceptors (Lipinski definition) is 3. The van der Waals surface area contributed by atoms with Gasteiger partial charge in [0, 0.05) is 29.3 Å². The summed E-state index contributed by atoms with van der Waals surface area (Å²) in [5.41, 5.74) is 8.25.